The van der Waals surface area contributed by atoms with E-state index in [1.165, 1.54) is 6.42 Å². The zero-order chi connectivity index (χ0) is 16.8. The van der Waals surface area contributed by atoms with Crippen molar-refractivity contribution in [2.75, 3.05) is 33.3 Å². The van der Waals surface area contributed by atoms with Gasteiger partial charge in [-0.25, -0.2) is 4.79 Å². The Morgan fingerprint density at radius 1 is 1.27 bits per heavy atom. The molecule has 1 aliphatic heterocycles. The van der Waals surface area contributed by atoms with Crippen molar-refractivity contribution in [1.82, 2.24) is 10.2 Å². The van der Waals surface area contributed by atoms with Gasteiger partial charge in [0.25, 0.3) is 0 Å². The SMILES string of the molecule is COC(C)(C)CCNCC1CCCN(C(=O)OC(C)(C)C)C1. The number of carbonyl (C=O) groups excluding carboxylic acids is 1. The Labute approximate surface area is 135 Å². The van der Waals surface area contributed by atoms with E-state index in [9.17, 15) is 4.79 Å². The summed E-state index contributed by atoms with van der Waals surface area (Å²) in [5.41, 5.74) is -0.504. The molecule has 1 unspecified atom stereocenters. The molecule has 1 aliphatic rings. The maximum atomic E-state index is 12.1. The lowest BCUT2D eigenvalue weighted by Gasteiger charge is -2.34. The molecular weight excluding hydrogens is 280 g/mol. The first-order chi connectivity index (χ1) is 10.1. The third-order valence-corrected chi connectivity index (χ3v) is 4.06. The second-order valence-corrected chi connectivity index (χ2v) is 7.85. The molecule has 0 aromatic heterocycles. The second-order valence-electron chi connectivity index (χ2n) is 7.85. The van der Waals surface area contributed by atoms with Gasteiger partial charge in [0.15, 0.2) is 0 Å². The van der Waals surface area contributed by atoms with Crippen LogP contribution in [0.1, 0.15) is 53.9 Å². The van der Waals surface area contributed by atoms with Crippen molar-refractivity contribution in [2.45, 2.75) is 65.1 Å². The number of hydrogen-bond acceptors (Lipinski definition) is 4. The van der Waals surface area contributed by atoms with Crippen LogP contribution in [0.15, 0.2) is 0 Å². The van der Waals surface area contributed by atoms with Crippen molar-refractivity contribution >= 4 is 6.09 Å². The van der Waals surface area contributed by atoms with E-state index in [1.807, 2.05) is 25.7 Å². The van der Waals surface area contributed by atoms with Crippen LogP contribution in [0.25, 0.3) is 0 Å². The molecule has 0 bridgehead atoms. The van der Waals surface area contributed by atoms with Crippen molar-refractivity contribution < 1.29 is 14.3 Å². The zero-order valence-electron chi connectivity index (χ0n) is 15.2. The van der Waals surface area contributed by atoms with Gasteiger partial charge in [-0.05, 0) is 72.9 Å². The number of piperidine rings is 1. The summed E-state index contributed by atoms with van der Waals surface area (Å²) in [4.78, 5) is 14.0. The van der Waals surface area contributed by atoms with Crippen LogP contribution in [-0.2, 0) is 9.47 Å². The van der Waals surface area contributed by atoms with Crippen LogP contribution in [0, 0.1) is 5.92 Å². The number of hydrogen-bond donors (Lipinski definition) is 1. The molecule has 0 radical (unpaired) electrons. The van der Waals surface area contributed by atoms with E-state index in [1.54, 1.807) is 7.11 Å². The van der Waals surface area contributed by atoms with E-state index in [0.29, 0.717) is 5.92 Å². The average molecular weight is 314 g/mol. The maximum Gasteiger partial charge on any atom is 0.410 e. The summed E-state index contributed by atoms with van der Waals surface area (Å²) in [7, 11) is 1.75. The van der Waals surface area contributed by atoms with Gasteiger partial charge in [0.1, 0.15) is 5.60 Å². The molecule has 1 fully saturated rings. The highest BCUT2D eigenvalue weighted by molar-refractivity contribution is 5.68. The van der Waals surface area contributed by atoms with Gasteiger partial charge in [-0.1, -0.05) is 0 Å². The summed E-state index contributed by atoms with van der Waals surface area (Å²) < 4.78 is 10.9. The fourth-order valence-corrected chi connectivity index (χ4v) is 2.52. The van der Waals surface area contributed by atoms with Gasteiger partial charge in [0.2, 0.25) is 0 Å². The number of carbonyl (C=O) groups is 1. The quantitative estimate of drug-likeness (QED) is 0.766. The monoisotopic (exact) mass is 314 g/mol. The first kappa shape index (κ1) is 19.2. The lowest BCUT2D eigenvalue weighted by Crippen LogP contribution is -2.45. The van der Waals surface area contributed by atoms with Crippen LogP contribution >= 0.6 is 0 Å². The van der Waals surface area contributed by atoms with Crippen LogP contribution in [0.3, 0.4) is 0 Å². The average Bonchev–Trinajstić information content (AvgIpc) is 2.42. The Kier molecular flexibility index (Phi) is 7.13. The van der Waals surface area contributed by atoms with E-state index < -0.39 is 5.60 Å². The van der Waals surface area contributed by atoms with Crippen LogP contribution < -0.4 is 5.32 Å². The summed E-state index contributed by atoms with van der Waals surface area (Å²) in [5.74, 6) is 0.506. The molecule has 1 N–H and O–H groups in total. The molecule has 5 heteroatoms. The molecule has 0 aromatic rings. The van der Waals surface area contributed by atoms with Gasteiger partial charge < -0.3 is 19.7 Å². The minimum absolute atomic E-state index is 0.0812. The van der Waals surface area contributed by atoms with E-state index in [0.717, 1.165) is 39.0 Å². The number of likely N-dealkylation sites (tertiary alicyclic amines) is 1. The molecule has 1 rings (SSSR count). The normalized spacial score (nSPS) is 20.1. The molecule has 1 atom stereocenters. The molecule has 0 saturated carbocycles. The number of rotatable bonds is 6. The Balaban J connectivity index is 2.30. The van der Waals surface area contributed by atoms with Gasteiger partial charge in [0, 0.05) is 20.2 Å². The fraction of sp³-hybridized carbons (Fsp3) is 0.941. The van der Waals surface area contributed by atoms with E-state index in [2.05, 4.69) is 19.2 Å². The summed E-state index contributed by atoms with van der Waals surface area (Å²) >= 11 is 0. The number of amides is 1. The Morgan fingerprint density at radius 2 is 1.95 bits per heavy atom. The lowest BCUT2D eigenvalue weighted by atomic mass is 9.98. The number of ether oxygens (including phenoxy) is 2. The van der Waals surface area contributed by atoms with Gasteiger partial charge in [-0.3, -0.25) is 0 Å². The predicted molar refractivity (Wildman–Crippen MR) is 89.1 cm³/mol. The smallest absolute Gasteiger partial charge is 0.410 e. The minimum atomic E-state index is -0.423. The second kappa shape index (κ2) is 8.16. The number of methoxy groups -OCH3 is 1. The molecule has 130 valence electrons. The van der Waals surface area contributed by atoms with E-state index >= 15 is 0 Å². The topological polar surface area (TPSA) is 50.8 Å². The van der Waals surface area contributed by atoms with Crippen molar-refractivity contribution in [3.8, 4) is 0 Å². The predicted octanol–water partition coefficient (Wildman–Crippen LogP) is 3.04. The van der Waals surface area contributed by atoms with E-state index in [-0.39, 0.29) is 11.7 Å². The third-order valence-electron chi connectivity index (χ3n) is 4.06. The highest BCUT2D eigenvalue weighted by atomic mass is 16.6. The van der Waals surface area contributed by atoms with Crippen LogP contribution in [-0.4, -0.2) is 55.5 Å². The highest BCUT2D eigenvalue weighted by Gasteiger charge is 2.27. The molecule has 0 aliphatic carbocycles. The minimum Gasteiger partial charge on any atom is -0.444 e. The first-order valence-corrected chi connectivity index (χ1v) is 8.37. The largest absolute Gasteiger partial charge is 0.444 e. The summed E-state index contributed by atoms with van der Waals surface area (Å²) in [6, 6.07) is 0. The summed E-state index contributed by atoms with van der Waals surface area (Å²) in [6.07, 6.45) is 3.01. The van der Waals surface area contributed by atoms with Gasteiger partial charge >= 0.3 is 6.09 Å². The van der Waals surface area contributed by atoms with Crippen LogP contribution in [0.5, 0.6) is 0 Å². The standard InChI is InChI=1S/C17H34N2O3/c1-16(2,3)22-15(20)19-11-7-8-14(13-19)12-18-10-9-17(4,5)21-6/h14,18H,7-13H2,1-6H3. The maximum absolute atomic E-state index is 12.1. The molecule has 1 saturated heterocycles. The Hall–Kier alpha value is -0.810. The first-order valence-electron chi connectivity index (χ1n) is 8.37. The van der Waals surface area contributed by atoms with Crippen LogP contribution in [0.2, 0.25) is 0 Å². The highest BCUT2D eigenvalue weighted by Crippen LogP contribution is 2.19. The fourth-order valence-electron chi connectivity index (χ4n) is 2.52. The summed E-state index contributed by atoms with van der Waals surface area (Å²) in [5, 5.41) is 3.49. The van der Waals surface area contributed by atoms with Gasteiger partial charge in [-0.2, -0.15) is 0 Å². The Bertz CT molecular complexity index is 350. The molecule has 0 aromatic carbocycles. The Morgan fingerprint density at radius 3 is 2.55 bits per heavy atom. The zero-order valence-corrected chi connectivity index (χ0v) is 15.2. The molecular formula is C17H34N2O3. The summed E-state index contributed by atoms with van der Waals surface area (Å²) in [6.45, 7) is 13.4. The molecule has 1 heterocycles. The third kappa shape index (κ3) is 7.45. The van der Waals surface area contributed by atoms with Gasteiger partial charge in [0.05, 0.1) is 5.60 Å². The van der Waals surface area contributed by atoms with Crippen molar-refractivity contribution in [3.63, 3.8) is 0 Å². The van der Waals surface area contributed by atoms with Crippen molar-refractivity contribution in [3.05, 3.63) is 0 Å². The van der Waals surface area contributed by atoms with Gasteiger partial charge in [-0.15, -0.1) is 0 Å². The van der Waals surface area contributed by atoms with Crippen LogP contribution in [0.4, 0.5) is 4.79 Å². The molecule has 22 heavy (non-hydrogen) atoms. The number of nitrogens with zero attached hydrogens (tertiary/aromatic N) is 1. The molecule has 0 spiro atoms. The van der Waals surface area contributed by atoms with Crippen molar-refractivity contribution in [2.24, 2.45) is 5.92 Å². The molecule has 5 nitrogen and oxygen atoms in total. The van der Waals surface area contributed by atoms with Crippen molar-refractivity contribution in [1.29, 1.82) is 0 Å². The lowest BCUT2D eigenvalue weighted by molar-refractivity contribution is 0.0139. The van der Waals surface area contributed by atoms with E-state index in [4.69, 9.17) is 9.47 Å². The number of nitrogens with one attached hydrogen (secondary N) is 1. The molecule has 1 amide bonds.